The molecule has 2 aromatic rings. The van der Waals surface area contributed by atoms with Gasteiger partial charge < -0.3 is 15.8 Å². The monoisotopic (exact) mass is 280 g/mol. The Morgan fingerprint density at radius 2 is 2.35 bits per heavy atom. The van der Waals surface area contributed by atoms with E-state index in [1.54, 1.807) is 0 Å². The van der Waals surface area contributed by atoms with E-state index in [0.717, 1.165) is 0 Å². The molecule has 9 heteroatoms. The number of ether oxygens (including phenoxy) is 1. The lowest BCUT2D eigenvalue weighted by Gasteiger charge is -2.08. The van der Waals surface area contributed by atoms with Gasteiger partial charge in [0.1, 0.15) is 18.8 Å². The lowest BCUT2D eigenvalue weighted by atomic mass is 10.2. The summed E-state index contributed by atoms with van der Waals surface area (Å²) < 4.78 is 19.9. The third-order valence-corrected chi connectivity index (χ3v) is 2.33. The summed E-state index contributed by atoms with van der Waals surface area (Å²) in [5.74, 6) is -1.03. The molecular weight excluding hydrogens is 267 g/mol. The second kappa shape index (κ2) is 6.68. The number of nitrogens with zero attached hydrogens (tertiary/aromatic N) is 4. The van der Waals surface area contributed by atoms with Crippen LogP contribution >= 0.6 is 0 Å². The summed E-state index contributed by atoms with van der Waals surface area (Å²) in [7, 11) is 0. The zero-order valence-electron chi connectivity index (χ0n) is 10.5. The Morgan fingerprint density at radius 3 is 3.05 bits per heavy atom. The zero-order valence-corrected chi connectivity index (χ0v) is 10.5. The first kappa shape index (κ1) is 14.0. The quantitative estimate of drug-likeness (QED) is 0.704. The molecule has 2 rings (SSSR count). The molecule has 1 heterocycles. The van der Waals surface area contributed by atoms with Crippen molar-refractivity contribution in [1.82, 2.24) is 20.2 Å². The maximum absolute atomic E-state index is 13.6. The number of carbonyl (C=O) groups is 1. The molecule has 1 aromatic carbocycles. The first-order valence-corrected chi connectivity index (χ1v) is 5.81. The molecule has 0 aliphatic rings. The van der Waals surface area contributed by atoms with Crippen LogP contribution in [0.2, 0.25) is 0 Å². The fourth-order valence-corrected chi connectivity index (χ4v) is 1.47. The van der Waals surface area contributed by atoms with E-state index in [9.17, 15) is 9.18 Å². The molecule has 0 atom stereocenters. The molecule has 0 unspecified atom stereocenters. The van der Waals surface area contributed by atoms with Gasteiger partial charge in [-0.1, -0.05) is 0 Å². The summed E-state index contributed by atoms with van der Waals surface area (Å²) in [5.41, 5.74) is 5.78. The molecule has 0 bridgehead atoms. The summed E-state index contributed by atoms with van der Waals surface area (Å²) in [6, 6.07) is 4.13. The van der Waals surface area contributed by atoms with Crippen LogP contribution in [0.15, 0.2) is 24.5 Å². The standard InChI is InChI=1S/C11H13FN6O2/c12-9-2-1-8(18-7-14-16-17-18)5-10(9)15-11(19)6-20-4-3-13/h1-2,5,7H,3-4,6,13H2,(H,15,19). The van der Waals surface area contributed by atoms with Gasteiger partial charge in [0, 0.05) is 6.54 Å². The van der Waals surface area contributed by atoms with E-state index in [1.165, 1.54) is 29.2 Å². The Bertz CT molecular complexity index is 574. The van der Waals surface area contributed by atoms with Crippen LogP contribution in [0.25, 0.3) is 5.69 Å². The first-order chi connectivity index (χ1) is 9.70. The minimum absolute atomic E-state index is 0.0272. The number of aromatic nitrogens is 4. The second-order valence-corrected chi connectivity index (χ2v) is 3.81. The third kappa shape index (κ3) is 3.56. The van der Waals surface area contributed by atoms with Crippen molar-refractivity contribution in [2.45, 2.75) is 0 Å². The number of benzene rings is 1. The van der Waals surface area contributed by atoms with Gasteiger partial charge in [0.15, 0.2) is 0 Å². The lowest BCUT2D eigenvalue weighted by Crippen LogP contribution is -2.21. The van der Waals surface area contributed by atoms with Gasteiger partial charge in [0.05, 0.1) is 18.0 Å². The van der Waals surface area contributed by atoms with Crippen molar-refractivity contribution < 1.29 is 13.9 Å². The number of nitrogens with one attached hydrogen (secondary N) is 1. The Balaban J connectivity index is 2.07. The summed E-state index contributed by atoms with van der Waals surface area (Å²) >= 11 is 0. The van der Waals surface area contributed by atoms with Crippen molar-refractivity contribution in [3.8, 4) is 5.69 Å². The maximum atomic E-state index is 13.6. The van der Waals surface area contributed by atoms with E-state index in [1.807, 2.05) is 0 Å². The van der Waals surface area contributed by atoms with Gasteiger partial charge in [-0.2, -0.15) is 0 Å². The first-order valence-electron chi connectivity index (χ1n) is 5.81. The molecule has 106 valence electrons. The minimum Gasteiger partial charge on any atom is -0.370 e. The van der Waals surface area contributed by atoms with Crippen LogP contribution in [0.3, 0.4) is 0 Å². The van der Waals surface area contributed by atoms with E-state index < -0.39 is 11.7 Å². The van der Waals surface area contributed by atoms with Crippen LogP contribution < -0.4 is 11.1 Å². The molecule has 0 saturated carbocycles. The third-order valence-electron chi connectivity index (χ3n) is 2.33. The van der Waals surface area contributed by atoms with E-state index in [2.05, 4.69) is 20.8 Å². The summed E-state index contributed by atoms with van der Waals surface area (Å²) in [6.45, 7) is 0.392. The van der Waals surface area contributed by atoms with Gasteiger partial charge in [0.25, 0.3) is 0 Å². The predicted octanol–water partition coefficient (Wildman–Crippen LogP) is -0.285. The Labute approximate surface area is 113 Å². The summed E-state index contributed by atoms with van der Waals surface area (Å²) in [4.78, 5) is 11.5. The predicted molar refractivity (Wildman–Crippen MR) is 67.6 cm³/mol. The average molecular weight is 280 g/mol. The molecule has 0 spiro atoms. The smallest absolute Gasteiger partial charge is 0.250 e. The highest BCUT2D eigenvalue weighted by Crippen LogP contribution is 2.18. The van der Waals surface area contributed by atoms with Crippen molar-refractivity contribution in [3.05, 3.63) is 30.3 Å². The molecule has 1 amide bonds. The van der Waals surface area contributed by atoms with Crippen LogP contribution in [0, 0.1) is 5.82 Å². The molecule has 0 fully saturated rings. The molecule has 1 aromatic heterocycles. The van der Waals surface area contributed by atoms with Gasteiger partial charge in [-0.25, -0.2) is 9.07 Å². The van der Waals surface area contributed by atoms with Gasteiger partial charge in [0.2, 0.25) is 5.91 Å². The van der Waals surface area contributed by atoms with Gasteiger partial charge in [-0.05, 0) is 28.6 Å². The van der Waals surface area contributed by atoms with Crippen molar-refractivity contribution in [2.24, 2.45) is 5.73 Å². The summed E-state index contributed by atoms with van der Waals surface area (Å²) in [6.07, 6.45) is 1.36. The number of amides is 1. The SMILES string of the molecule is NCCOCC(=O)Nc1cc(-n2cnnn2)ccc1F. The number of rotatable bonds is 6. The maximum Gasteiger partial charge on any atom is 0.250 e. The highest BCUT2D eigenvalue weighted by atomic mass is 19.1. The Morgan fingerprint density at radius 1 is 1.50 bits per heavy atom. The fraction of sp³-hybridized carbons (Fsp3) is 0.273. The number of hydrogen-bond donors (Lipinski definition) is 2. The molecule has 20 heavy (non-hydrogen) atoms. The topological polar surface area (TPSA) is 108 Å². The van der Waals surface area contributed by atoms with E-state index in [4.69, 9.17) is 10.5 Å². The van der Waals surface area contributed by atoms with Crippen LogP contribution in [-0.4, -0.2) is 45.9 Å². The van der Waals surface area contributed by atoms with Crippen LogP contribution in [0.1, 0.15) is 0 Å². The van der Waals surface area contributed by atoms with E-state index in [0.29, 0.717) is 12.2 Å². The van der Waals surface area contributed by atoms with Gasteiger partial charge in [-0.3, -0.25) is 4.79 Å². The number of halogens is 1. The molecule has 0 radical (unpaired) electrons. The van der Waals surface area contributed by atoms with Crippen LogP contribution in [-0.2, 0) is 9.53 Å². The fourth-order valence-electron chi connectivity index (χ4n) is 1.47. The van der Waals surface area contributed by atoms with Gasteiger partial charge in [-0.15, -0.1) is 5.10 Å². The molecule has 0 saturated heterocycles. The van der Waals surface area contributed by atoms with Crippen molar-refractivity contribution in [3.63, 3.8) is 0 Å². The van der Waals surface area contributed by atoms with Crippen LogP contribution in [0.5, 0.6) is 0 Å². The molecule has 0 aliphatic carbocycles. The highest BCUT2D eigenvalue weighted by molar-refractivity contribution is 5.92. The number of hydrogen-bond acceptors (Lipinski definition) is 6. The molecule has 8 nitrogen and oxygen atoms in total. The average Bonchev–Trinajstić information content (AvgIpc) is 2.95. The Kier molecular flexibility index (Phi) is 4.69. The normalized spacial score (nSPS) is 10.5. The zero-order chi connectivity index (χ0) is 14.4. The van der Waals surface area contributed by atoms with Crippen molar-refractivity contribution >= 4 is 11.6 Å². The highest BCUT2D eigenvalue weighted by Gasteiger charge is 2.09. The number of anilines is 1. The molecule has 0 aliphatic heterocycles. The van der Waals surface area contributed by atoms with E-state index >= 15 is 0 Å². The number of tetrazole rings is 1. The van der Waals surface area contributed by atoms with Crippen LogP contribution in [0.4, 0.5) is 10.1 Å². The van der Waals surface area contributed by atoms with Crippen molar-refractivity contribution in [2.75, 3.05) is 25.1 Å². The number of nitrogens with two attached hydrogens (primary N) is 1. The van der Waals surface area contributed by atoms with Gasteiger partial charge >= 0.3 is 0 Å². The van der Waals surface area contributed by atoms with Crippen molar-refractivity contribution in [1.29, 1.82) is 0 Å². The molecule has 3 N–H and O–H groups in total. The molecular formula is C11H13FN6O2. The summed E-state index contributed by atoms with van der Waals surface area (Å²) in [5, 5.41) is 13.1. The Hall–Kier alpha value is -2.39. The lowest BCUT2D eigenvalue weighted by molar-refractivity contribution is -0.120. The largest absolute Gasteiger partial charge is 0.370 e. The van der Waals surface area contributed by atoms with E-state index in [-0.39, 0.29) is 18.9 Å². The number of carbonyl (C=O) groups excluding carboxylic acids is 1. The minimum atomic E-state index is -0.561. The second-order valence-electron chi connectivity index (χ2n) is 3.81.